The molecule has 0 radical (unpaired) electrons. The molecule has 0 aliphatic carbocycles. The quantitative estimate of drug-likeness (QED) is 0.392. The molecule has 17 heavy (non-hydrogen) atoms. The topological polar surface area (TPSA) is 37.3 Å². The van der Waals surface area contributed by atoms with E-state index in [-0.39, 0.29) is 5.56 Å². The molecule has 1 aromatic rings. The van der Waals surface area contributed by atoms with E-state index in [9.17, 15) is 4.79 Å². The van der Waals surface area contributed by atoms with Gasteiger partial charge in [-0.15, -0.1) is 0 Å². The first-order valence-electron chi connectivity index (χ1n) is 4.04. The van der Waals surface area contributed by atoms with Crippen LogP contribution in [0.1, 0.15) is 21.5 Å². The van der Waals surface area contributed by atoms with Gasteiger partial charge in [-0.3, -0.25) is 0 Å². The highest BCUT2D eigenvalue weighted by Gasteiger charge is 2.28. The summed E-state index contributed by atoms with van der Waals surface area (Å²) in [5.41, 5.74) is 1.66. The van der Waals surface area contributed by atoms with Gasteiger partial charge >= 0.3 is 5.97 Å². The molecule has 0 aromatic heterocycles. The molecule has 1 N–H and O–H groups in total. The van der Waals surface area contributed by atoms with Gasteiger partial charge in [0, 0.05) is 0 Å². The maximum atomic E-state index is 11.1. The molecule has 0 aliphatic heterocycles. The summed E-state index contributed by atoms with van der Waals surface area (Å²) in [5, 5.41) is 9.07. The Balaban J connectivity index is 3.45. The van der Waals surface area contributed by atoms with Gasteiger partial charge in [0.05, 0.1) is 5.56 Å². The molecule has 0 atom stereocenters. The third-order valence-corrected chi connectivity index (χ3v) is 4.58. The number of halogens is 6. The second-order valence-electron chi connectivity index (χ2n) is 3.10. The first-order chi connectivity index (χ1) is 7.51. The summed E-state index contributed by atoms with van der Waals surface area (Å²) in [4.78, 5) is 11.1. The van der Waals surface area contributed by atoms with Crippen molar-refractivity contribution in [2.75, 3.05) is 0 Å². The molecule has 94 valence electrons. The lowest BCUT2D eigenvalue weighted by Gasteiger charge is -2.19. The molecule has 0 saturated heterocycles. The molecule has 0 spiro atoms. The molecule has 0 saturated carbocycles. The molecule has 0 unspecified atom stereocenters. The zero-order chi connectivity index (χ0) is 13.4. The van der Waals surface area contributed by atoms with Gasteiger partial charge in [-0.1, -0.05) is 95.6 Å². The maximum Gasteiger partial charge on any atom is 0.335 e. The molecule has 0 aliphatic rings. The van der Waals surface area contributed by atoms with Gasteiger partial charge in [0.2, 0.25) is 0 Å². The van der Waals surface area contributed by atoms with Crippen molar-refractivity contribution >= 4 is 102 Å². The van der Waals surface area contributed by atoms with Gasteiger partial charge in [-0.25, -0.2) is 4.79 Å². The van der Waals surface area contributed by atoms with E-state index in [1.54, 1.807) is 12.1 Å². The van der Waals surface area contributed by atoms with E-state index in [1.807, 2.05) is 6.07 Å². The first kappa shape index (κ1) is 16.6. The van der Waals surface area contributed by atoms with Crippen molar-refractivity contribution in [2.24, 2.45) is 0 Å². The van der Waals surface area contributed by atoms with Crippen LogP contribution in [0.3, 0.4) is 0 Å². The summed E-state index contributed by atoms with van der Waals surface area (Å²) in [6.45, 7) is 0. The van der Waals surface area contributed by atoms with Crippen LogP contribution in [0.25, 0.3) is 0 Å². The van der Waals surface area contributed by atoms with Crippen LogP contribution >= 0.6 is 95.6 Å². The van der Waals surface area contributed by atoms with Crippen molar-refractivity contribution in [1.29, 1.82) is 0 Å². The molecule has 2 nitrogen and oxygen atoms in total. The largest absolute Gasteiger partial charge is 0.478 e. The zero-order valence-electron chi connectivity index (χ0n) is 7.86. The number of aromatic carboxylic acids is 1. The Morgan fingerprint density at radius 3 is 1.47 bits per heavy atom. The van der Waals surface area contributed by atoms with Crippen LogP contribution in [0.4, 0.5) is 0 Å². The van der Waals surface area contributed by atoms with Crippen molar-refractivity contribution < 1.29 is 9.90 Å². The Kier molecular flexibility index (Phi) is 5.78. The van der Waals surface area contributed by atoms with E-state index < -0.39 is 10.3 Å². The Morgan fingerprint density at radius 1 is 0.882 bits per heavy atom. The minimum atomic E-state index is -0.985. The number of hydrogen-bond donors (Lipinski definition) is 1. The molecule has 8 heteroatoms. The Morgan fingerprint density at radius 2 is 1.24 bits per heavy atom. The molecule has 1 aromatic carbocycles. The molecule has 0 amide bonds. The van der Waals surface area contributed by atoms with Gasteiger partial charge in [0.15, 0.2) is 4.29 Å². The van der Waals surface area contributed by atoms with Crippen molar-refractivity contribution in [3.8, 4) is 0 Å². The molecular weight excluding hydrogens is 620 g/mol. The minimum absolute atomic E-state index is 0.197. The summed E-state index contributed by atoms with van der Waals surface area (Å²) in [6, 6.07) is 4.98. The fourth-order valence-electron chi connectivity index (χ4n) is 1.08. The van der Waals surface area contributed by atoms with Crippen molar-refractivity contribution in [1.82, 2.24) is 0 Å². The lowest BCUT2D eigenvalue weighted by Crippen LogP contribution is -2.08. The average Bonchev–Trinajstić information content (AvgIpc) is 2.14. The van der Waals surface area contributed by atoms with E-state index in [1.165, 1.54) is 0 Å². The van der Waals surface area contributed by atoms with Crippen molar-refractivity contribution in [2.45, 2.75) is 4.29 Å². The summed E-state index contributed by atoms with van der Waals surface area (Å²) in [5.74, 6) is -0.985. The van der Waals surface area contributed by atoms with E-state index in [0.29, 0.717) is 0 Å². The summed E-state index contributed by atoms with van der Waals surface area (Å²) in [6.07, 6.45) is 0. The van der Waals surface area contributed by atoms with Gasteiger partial charge < -0.3 is 5.11 Å². The van der Waals surface area contributed by atoms with Crippen LogP contribution in [0.5, 0.6) is 0 Å². The normalized spacial score (nSPS) is 12.6. The number of hydrogen-bond acceptors (Lipinski definition) is 1. The van der Waals surface area contributed by atoms with Crippen LogP contribution in [-0.4, -0.2) is 11.1 Å². The molecule has 0 bridgehead atoms. The number of carboxylic acids is 1. The third kappa shape index (κ3) is 4.87. The summed E-state index contributed by atoms with van der Waals surface area (Å²) < 4.78 is -1.32. The van der Waals surface area contributed by atoms with Crippen LogP contribution < -0.4 is 0 Å². The second-order valence-corrected chi connectivity index (χ2v) is 16.6. The predicted octanol–water partition coefficient (Wildman–Crippen LogP) is 5.97. The lowest BCUT2D eigenvalue weighted by molar-refractivity contribution is 0.0696. The molecular formula is C9H4Br6O2. The fraction of sp³-hybridized carbons (Fsp3) is 0.222. The SMILES string of the molecule is O=C(O)c1cc(C(Br)(Br)Br)cc(C(Br)(Br)Br)c1. The summed E-state index contributed by atoms with van der Waals surface area (Å²) >= 11 is 20.2. The minimum Gasteiger partial charge on any atom is -0.478 e. The standard InChI is InChI=1S/C9H4Br6O2/c10-8(11,12)5-1-4(7(16)17)2-6(3-5)9(13,14)15/h1-3H,(H,16,17). The number of alkyl halides is 6. The summed E-state index contributed by atoms with van der Waals surface area (Å²) in [7, 11) is 0. The maximum absolute atomic E-state index is 11.1. The van der Waals surface area contributed by atoms with E-state index in [0.717, 1.165) is 11.1 Å². The fourth-order valence-corrected chi connectivity index (χ4v) is 2.45. The predicted molar refractivity (Wildman–Crippen MR) is 90.3 cm³/mol. The molecule has 1 rings (SSSR count). The van der Waals surface area contributed by atoms with Crippen LogP contribution in [0.15, 0.2) is 18.2 Å². The molecule has 0 fully saturated rings. The van der Waals surface area contributed by atoms with Crippen LogP contribution in [-0.2, 0) is 4.29 Å². The smallest absolute Gasteiger partial charge is 0.335 e. The lowest BCUT2D eigenvalue weighted by atomic mass is 10.1. The van der Waals surface area contributed by atoms with Gasteiger partial charge in [-0.2, -0.15) is 0 Å². The first-order valence-corrected chi connectivity index (χ1v) is 8.80. The molecule has 0 heterocycles. The van der Waals surface area contributed by atoms with Gasteiger partial charge in [0.25, 0.3) is 0 Å². The second kappa shape index (κ2) is 5.91. The van der Waals surface area contributed by atoms with Crippen LogP contribution in [0, 0.1) is 0 Å². The third-order valence-electron chi connectivity index (χ3n) is 1.83. The van der Waals surface area contributed by atoms with E-state index in [2.05, 4.69) is 95.6 Å². The monoisotopic (exact) mass is 618 g/mol. The number of carbonyl (C=O) groups is 1. The Hall–Kier alpha value is 1.57. The Labute approximate surface area is 149 Å². The number of carboxylic acid groups (broad SMARTS) is 1. The Bertz CT molecular complexity index is 414. The van der Waals surface area contributed by atoms with E-state index >= 15 is 0 Å². The number of benzene rings is 1. The highest BCUT2D eigenvalue weighted by Crippen LogP contribution is 2.49. The van der Waals surface area contributed by atoms with Crippen molar-refractivity contribution in [3.05, 3.63) is 34.9 Å². The highest BCUT2D eigenvalue weighted by atomic mass is 80.0. The van der Waals surface area contributed by atoms with Crippen LogP contribution in [0.2, 0.25) is 0 Å². The zero-order valence-corrected chi connectivity index (χ0v) is 17.4. The van der Waals surface area contributed by atoms with Gasteiger partial charge in [-0.05, 0) is 29.3 Å². The highest BCUT2D eigenvalue weighted by molar-refractivity contribution is 9.39. The van der Waals surface area contributed by atoms with Crippen molar-refractivity contribution in [3.63, 3.8) is 0 Å². The van der Waals surface area contributed by atoms with E-state index in [4.69, 9.17) is 5.11 Å². The number of rotatable bonds is 1. The average molecular weight is 624 g/mol. The van der Waals surface area contributed by atoms with Gasteiger partial charge in [0.1, 0.15) is 0 Å².